The van der Waals surface area contributed by atoms with E-state index >= 15 is 0 Å². The van der Waals surface area contributed by atoms with Crippen molar-refractivity contribution < 1.29 is 62.9 Å². The van der Waals surface area contributed by atoms with Crippen molar-refractivity contribution in [1.29, 1.82) is 0 Å². The number of halogens is 3. The first-order valence-corrected chi connectivity index (χ1v) is 15.6. The van der Waals surface area contributed by atoms with Crippen LogP contribution >= 0.6 is 11.6 Å². The zero-order valence-electron chi connectivity index (χ0n) is 26.2. The maximum Gasteiger partial charge on any atom is 0.547 e. The van der Waals surface area contributed by atoms with E-state index in [0.29, 0.717) is 6.07 Å². The fourth-order valence-electron chi connectivity index (χ4n) is 5.54. The van der Waals surface area contributed by atoms with Crippen LogP contribution in [0.25, 0.3) is 0 Å². The van der Waals surface area contributed by atoms with E-state index in [1.54, 1.807) is 0 Å². The number of phenols is 3. The lowest BCUT2D eigenvalue weighted by atomic mass is 9.72. The van der Waals surface area contributed by atoms with Crippen molar-refractivity contribution >= 4 is 48.6 Å². The number of phenolic OH excluding ortho intramolecular Hbond substituents is 3. The molecule has 2 aliphatic rings. The number of nitrogens with one attached hydrogen (secondary N) is 3. The molecule has 0 aromatic heterocycles. The molecule has 0 aliphatic carbocycles. The van der Waals surface area contributed by atoms with Gasteiger partial charge < -0.3 is 51.0 Å². The Balaban J connectivity index is 1.28. The Kier molecular flexibility index (Phi) is 10.7. The maximum atomic E-state index is 14.6. The van der Waals surface area contributed by atoms with E-state index < -0.39 is 94.0 Å². The molecule has 2 heterocycles. The summed E-state index contributed by atoms with van der Waals surface area (Å²) in [5, 5.41) is 56.1. The third kappa shape index (κ3) is 7.68. The van der Waals surface area contributed by atoms with Gasteiger partial charge in [-0.05, 0) is 48.7 Å². The predicted octanol–water partition coefficient (Wildman–Crippen LogP) is 1.88. The highest BCUT2D eigenvalue weighted by Gasteiger charge is 2.42. The van der Waals surface area contributed by atoms with E-state index in [2.05, 4.69) is 16.0 Å². The molecule has 8 N–H and O–H groups in total. The first kappa shape index (κ1) is 36.5. The third-order valence-corrected chi connectivity index (χ3v) is 8.52. The number of carbonyl (C=O) groups is 5. The van der Waals surface area contributed by atoms with Crippen molar-refractivity contribution in [2.75, 3.05) is 26.2 Å². The fourth-order valence-corrected chi connectivity index (χ4v) is 5.80. The Morgan fingerprint density at radius 2 is 1.78 bits per heavy atom. The van der Waals surface area contributed by atoms with Gasteiger partial charge in [0.2, 0.25) is 5.91 Å². The highest BCUT2D eigenvalue weighted by atomic mass is 35.5. The minimum atomic E-state index is -1.96. The molecule has 3 aromatic carbocycles. The van der Waals surface area contributed by atoms with Gasteiger partial charge in [0.1, 0.15) is 28.9 Å². The van der Waals surface area contributed by atoms with E-state index in [-0.39, 0.29) is 55.9 Å². The summed E-state index contributed by atoms with van der Waals surface area (Å²) < 4.78 is 34.0. The molecule has 6 amide bonds. The summed E-state index contributed by atoms with van der Waals surface area (Å²) in [6.07, 6.45) is -0.00575. The van der Waals surface area contributed by atoms with Crippen LogP contribution in [0.1, 0.15) is 44.3 Å². The normalized spacial score (nSPS) is 15.9. The summed E-state index contributed by atoms with van der Waals surface area (Å²) in [6, 6.07) is 4.43. The van der Waals surface area contributed by atoms with Gasteiger partial charge in [-0.2, -0.15) is 0 Å². The fraction of sp³-hybridized carbons (Fsp3) is 0.258. The van der Waals surface area contributed by atoms with Gasteiger partial charge in [-0.3, -0.25) is 9.59 Å². The van der Waals surface area contributed by atoms with Crippen molar-refractivity contribution in [1.82, 2.24) is 25.8 Å². The summed E-state index contributed by atoms with van der Waals surface area (Å²) in [5.74, 6) is -10.1. The molecule has 2 unspecified atom stereocenters. The molecule has 0 bridgehead atoms. The minimum Gasteiger partial charge on any atom is -0.534 e. The second-order valence-corrected chi connectivity index (χ2v) is 11.8. The van der Waals surface area contributed by atoms with E-state index in [0.717, 1.165) is 11.0 Å². The van der Waals surface area contributed by atoms with Gasteiger partial charge in [-0.15, -0.1) is 0 Å². The number of aromatic hydroxyl groups is 3. The molecule has 2 aliphatic heterocycles. The third-order valence-electron chi connectivity index (χ3n) is 8.13. The van der Waals surface area contributed by atoms with Crippen molar-refractivity contribution in [3.63, 3.8) is 0 Å². The Bertz CT molecular complexity index is 1920. The number of carboxylic acids is 1. The van der Waals surface area contributed by atoms with Crippen molar-refractivity contribution in [2.45, 2.75) is 24.8 Å². The molecule has 16 nitrogen and oxygen atoms in total. The van der Waals surface area contributed by atoms with Gasteiger partial charge in [0.05, 0.1) is 11.0 Å². The molecule has 268 valence electrons. The van der Waals surface area contributed by atoms with Gasteiger partial charge in [-0.1, -0.05) is 23.7 Å². The van der Waals surface area contributed by atoms with Gasteiger partial charge >= 0.3 is 25.1 Å². The van der Waals surface area contributed by atoms with Crippen molar-refractivity contribution in [2.24, 2.45) is 0 Å². The maximum absolute atomic E-state index is 14.6. The number of hydrogen-bond donors (Lipinski definition) is 8. The zero-order valence-corrected chi connectivity index (χ0v) is 27.0. The van der Waals surface area contributed by atoms with Crippen LogP contribution in [0, 0.1) is 11.6 Å². The van der Waals surface area contributed by atoms with Crippen molar-refractivity contribution in [3.05, 3.63) is 81.4 Å². The van der Waals surface area contributed by atoms with Gasteiger partial charge in [0.15, 0.2) is 17.3 Å². The lowest BCUT2D eigenvalue weighted by Crippen LogP contribution is -2.56. The number of fused-ring (bicyclic) bond motifs is 1. The molecule has 0 saturated carbocycles. The van der Waals surface area contributed by atoms with Crippen molar-refractivity contribution in [3.8, 4) is 23.0 Å². The molecule has 2 atom stereocenters. The molecule has 20 heteroatoms. The van der Waals surface area contributed by atoms with Crippen LogP contribution in [0.15, 0.2) is 42.5 Å². The lowest BCUT2D eigenvalue weighted by molar-refractivity contribution is -0.123. The zero-order chi connectivity index (χ0) is 37.1. The molecule has 1 saturated heterocycles. The van der Waals surface area contributed by atoms with Crippen LogP contribution in [0.2, 0.25) is 5.02 Å². The molecule has 1 fully saturated rings. The van der Waals surface area contributed by atoms with Crippen LogP contribution in [-0.2, 0) is 11.2 Å². The van der Waals surface area contributed by atoms with E-state index in [9.17, 15) is 58.2 Å². The number of aromatic carboxylic acids is 1. The molecule has 3 aromatic rings. The average Bonchev–Trinajstić information content (AvgIpc) is 3.46. The van der Waals surface area contributed by atoms with Gasteiger partial charge in [0, 0.05) is 37.3 Å². The number of amides is 6. The van der Waals surface area contributed by atoms with Crippen LogP contribution < -0.4 is 20.6 Å². The first-order chi connectivity index (χ1) is 24.2. The largest absolute Gasteiger partial charge is 0.547 e. The lowest BCUT2D eigenvalue weighted by Gasteiger charge is -2.31. The monoisotopic (exact) mass is 731 g/mol. The molecular formula is C31H29BClF2N5O11. The Morgan fingerprint density at radius 3 is 2.49 bits per heavy atom. The molecule has 0 radical (unpaired) electrons. The first-order valence-electron chi connectivity index (χ1n) is 15.2. The summed E-state index contributed by atoms with van der Waals surface area (Å²) >= 11 is 6.14. The topological polar surface area (TPSA) is 238 Å². The SMILES string of the molecule is O=C(NCCCN1CCN(C(=O)NC(C(=O)NC2Cc3ccc(F)c(C(=O)O)c3OB2O)c2cc(F)c(O)c(O)c2Cl)C1=O)c1cccc(O)c1. The van der Waals surface area contributed by atoms with E-state index in [1.165, 1.54) is 35.2 Å². The number of carboxylic acid groups (broad SMARTS) is 1. The van der Waals surface area contributed by atoms with Crippen LogP contribution in [0.5, 0.6) is 23.0 Å². The summed E-state index contributed by atoms with van der Waals surface area (Å²) in [6.45, 7) is 0.189. The second kappa shape index (κ2) is 15.0. The number of hydrogen-bond acceptors (Lipinski definition) is 10. The van der Waals surface area contributed by atoms with Crippen LogP contribution in [0.4, 0.5) is 18.4 Å². The van der Waals surface area contributed by atoms with Gasteiger partial charge in [-0.25, -0.2) is 28.1 Å². The van der Waals surface area contributed by atoms with Crippen LogP contribution in [0.3, 0.4) is 0 Å². The average molecular weight is 732 g/mol. The summed E-state index contributed by atoms with van der Waals surface area (Å²) in [7, 11) is -1.93. The predicted molar refractivity (Wildman–Crippen MR) is 172 cm³/mol. The highest BCUT2D eigenvalue weighted by Crippen LogP contribution is 2.40. The smallest absolute Gasteiger partial charge is 0.534 e. The Labute approximate surface area is 292 Å². The molecular weight excluding hydrogens is 703 g/mol. The molecule has 51 heavy (non-hydrogen) atoms. The second-order valence-electron chi connectivity index (χ2n) is 11.5. The van der Waals surface area contributed by atoms with E-state index in [1.807, 2.05) is 0 Å². The standard InChI is InChI=1S/C31H29BClF2N5O11/c33-22-17(13-19(35)24(42)25(22)43)23(28(45)37-20-12-14-5-6-18(34)21(29(46)47)26(14)51-32(20)50)38-30(48)40-10-9-39(31(40)49)8-2-7-36-27(44)15-3-1-4-16(41)11-15/h1,3-6,11,13,20,23,41-43,50H,2,7-10,12H2,(H,36,44)(H,37,45)(H,38,48)(H,46,47). The van der Waals surface area contributed by atoms with Crippen LogP contribution in [-0.4, -0.2) is 104 Å². The number of rotatable bonds is 10. The number of nitrogens with zero attached hydrogens (tertiary/aromatic N) is 2. The van der Waals surface area contributed by atoms with E-state index in [4.69, 9.17) is 16.3 Å². The highest BCUT2D eigenvalue weighted by molar-refractivity contribution is 6.47. The number of carbonyl (C=O) groups excluding carboxylic acids is 4. The quantitative estimate of drug-likeness (QED) is 0.0851. The summed E-state index contributed by atoms with van der Waals surface area (Å²) in [4.78, 5) is 66.1. The molecule has 0 spiro atoms. The minimum absolute atomic E-state index is 0.0724. The molecule has 5 rings (SSSR count). The number of benzene rings is 3. The number of imide groups is 1. The summed E-state index contributed by atoms with van der Waals surface area (Å²) in [5.41, 5.74) is -1.07. The number of urea groups is 2. The Hall–Kier alpha value is -5.82. The Morgan fingerprint density at radius 1 is 1.04 bits per heavy atom. The van der Waals surface area contributed by atoms with Gasteiger partial charge in [0.25, 0.3) is 5.91 Å².